The number of nitrogens with zero attached hydrogens (tertiary/aromatic N) is 8. The molecule has 1 fully saturated rings. The van der Waals surface area contributed by atoms with E-state index >= 15 is 0 Å². The van der Waals surface area contributed by atoms with E-state index in [9.17, 15) is 9.59 Å². The number of hydrogen-bond acceptors (Lipinski definition) is 7. The average Bonchev–Trinajstić information content (AvgIpc) is 3.34. The van der Waals surface area contributed by atoms with Crippen LogP contribution >= 0.6 is 11.6 Å². The number of carboxylic acid groups (broad SMARTS) is 1. The molecule has 0 bridgehead atoms. The van der Waals surface area contributed by atoms with Crippen LogP contribution in [0.5, 0.6) is 0 Å². The Morgan fingerprint density at radius 2 is 1.91 bits per heavy atom. The number of halogens is 1. The molecule has 1 saturated heterocycles. The van der Waals surface area contributed by atoms with Crippen molar-refractivity contribution >= 4 is 40.3 Å². The SMILES string of the molecule is Nc1nc2c(cnn2CCN2CCN(C(=O)O)CC2)c2nn(Cc3cccc(Cl)c3)c(=O)n12. The van der Waals surface area contributed by atoms with Crippen molar-refractivity contribution in [1.82, 2.24) is 38.7 Å². The van der Waals surface area contributed by atoms with Crippen LogP contribution in [0.4, 0.5) is 10.7 Å². The van der Waals surface area contributed by atoms with Crippen LogP contribution in [0.25, 0.3) is 16.7 Å². The Morgan fingerprint density at radius 1 is 1.12 bits per heavy atom. The molecular weight excluding hydrogens is 450 g/mol. The summed E-state index contributed by atoms with van der Waals surface area (Å²) >= 11 is 6.06. The highest BCUT2D eigenvalue weighted by atomic mass is 35.5. The molecule has 4 aromatic rings. The summed E-state index contributed by atoms with van der Waals surface area (Å²) in [7, 11) is 0. The zero-order valence-electron chi connectivity index (χ0n) is 17.6. The average molecular weight is 472 g/mol. The summed E-state index contributed by atoms with van der Waals surface area (Å²) in [6.07, 6.45) is 0.747. The molecule has 3 aromatic heterocycles. The summed E-state index contributed by atoms with van der Waals surface area (Å²) in [5.74, 6) is 0.0386. The van der Waals surface area contributed by atoms with Crippen LogP contribution in [0, 0.1) is 0 Å². The van der Waals surface area contributed by atoms with Gasteiger partial charge in [0, 0.05) is 37.7 Å². The molecule has 0 radical (unpaired) electrons. The van der Waals surface area contributed by atoms with Crippen LogP contribution in [0.2, 0.25) is 5.02 Å². The lowest BCUT2D eigenvalue weighted by atomic mass is 10.2. The summed E-state index contributed by atoms with van der Waals surface area (Å²) in [5.41, 5.74) is 7.52. The molecule has 1 aromatic carbocycles. The maximum absolute atomic E-state index is 12.9. The molecule has 1 aliphatic rings. The number of benzene rings is 1. The first-order valence-corrected chi connectivity index (χ1v) is 10.8. The highest BCUT2D eigenvalue weighted by Crippen LogP contribution is 2.19. The highest BCUT2D eigenvalue weighted by molar-refractivity contribution is 6.30. The van der Waals surface area contributed by atoms with Gasteiger partial charge in [-0.2, -0.15) is 10.1 Å². The van der Waals surface area contributed by atoms with Crippen molar-refractivity contribution in [2.24, 2.45) is 0 Å². The fourth-order valence-corrected chi connectivity index (χ4v) is 4.29. The van der Waals surface area contributed by atoms with Gasteiger partial charge in [0.1, 0.15) is 0 Å². The number of nitrogens with two attached hydrogens (primary N) is 1. The zero-order chi connectivity index (χ0) is 23.1. The van der Waals surface area contributed by atoms with Gasteiger partial charge in [-0.3, -0.25) is 4.90 Å². The maximum atomic E-state index is 12.9. The first-order valence-electron chi connectivity index (χ1n) is 10.5. The minimum atomic E-state index is -0.888. The third kappa shape index (κ3) is 3.98. The van der Waals surface area contributed by atoms with Gasteiger partial charge >= 0.3 is 11.8 Å². The molecule has 4 heterocycles. The second-order valence-electron chi connectivity index (χ2n) is 7.92. The Morgan fingerprint density at radius 3 is 2.64 bits per heavy atom. The quantitative estimate of drug-likeness (QED) is 0.436. The number of amides is 1. The first kappa shape index (κ1) is 21.2. The number of carbonyl (C=O) groups is 1. The van der Waals surface area contributed by atoms with E-state index in [4.69, 9.17) is 22.4 Å². The minimum absolute atomic E-state index is 0.0386. The predicted octanol–water partition coefficient (Wildman–Crippen LogP) is 0.820. The Hall–Kier alpha value is -3.64. The minimum Gasteiger partial charge on any atom is -0.465 e. The van der Waals surface area contributed by atoms with E-state index in [0.717, 1.165) is 5.56 Å². The normalized spacial score (nSPS) is 15.0. The third-order valence-corrected chi connectivity index (χ3v) is 6.07. The number of nitrogen functional groups attached to an aromatic ring is 1. The molecule has 13 heteroatoms. The van der Waals surface area contributed by atoms with Gasteiger partial charge in [0.15, 0.2) is 11.3 Å². The second kappa shape index (κ2) is 8.37. The van der Waals surface area contributed by atoms with E-state index in [0.29, 0.717) is 61.0 Å². The van der Waals surface area contributed by atoms with Crippen molar-refractivity contribution in [1.29, 1.82) is 0 Å². The molecule has 0 saturated carbocycles. The molecule has 1 amide bonds. The van der Waals surface area contributed by atoms with E-state index in [1.807, 2.05) is 12.1 Å². The van der Waals surface area contributed by atoms with E-state index in [-0.39, 0.29) is 18.2 Å². The number of aromatic nitrogens is 6. The van der Waals surface area contributed by atoms with Gasteiger partial charge < -0.3 is 15.7 Å². The highest BCUT2D eigenvalue weighted by Gasteiger charge is 2.21. The number of hydrogen-bond donors (Lipinski definition) is 2. The molecule has 172 valence electrons. The number of anilines is 1. The van der Waals surface area contributed by atoms with Gasteiger partial charge in [-0.05, 0) is 17.7 Å². The lowest BCUT2D eigenvalue weighted by Crippen LogP contribution is -2.48. The largest absolute Gasteiger partial charge is 0.465 e. The van der Waals surface area contributed by atoms with Gasteiger partial charge in [-0.25, -0.2) is 23.4 Å². The summed E-state index contributed by atoms with van der Waals surface area (Å²) in [6, 6.07) is 7.24. The van der Waals surface area contributed by atoms with Crippen molar-refractivity contribution in [2.75, 3.05) is 38.5 Å². The maximum Gasteiger partial charge on any atom is 0.407 e. The van der Waals surface area contributed by atoms with Crippen molar-refractivity contribution in [3.05, 3.63) is 51.5 Å². The molecule has 33 heavy (non-hydrogen) atoms. The van der Waals surface area contributed by atoms with E-state index in [1.54, 1.807) is 23.0 Å². The molecule has 0 atom stereocenters. The van der Waals surface area contributed by atoms with Crippen LogP contribution in [0.3, 0.4) is 0 Å². The van der Waals surface area contributed by atoms with Gasteiger partial charge in [-0.15, -0.1) is 5.10 Å². The Bertz CT molecular complexity index is 1400. The van der Waals surface area contributed by atoms with Crippen molar-refractivity contribution in [3.63, 3.8) is 0 Å². The monoisotopic (exact) mass is 471 g/mol. The lowest BCUT2D eigenvalue weighted by Gasteiger charge is -2.32. The van der Waals surface area contributed by atoms with Crippen molar-refractivity contribution < 1.29 is 9.90 Å². The van der Waals surface area contributed by atoms with E-state index in [2.05, 4.69) is 20.1 Å². The summed E-state index contributed by atoms with van der Waals surface area (Å²) in [5, 5.41) is 19.2. The lowest BCUT2D eigenvalue weighted by molar-refractivity contribution is 0.104. The molecule has 0 aliphatic carbocycles. The third-order valence-electron chi connectivity index (χ3n) is 5.83. The predicted molar refractivity (Wildman–Crippen MR) is 122 cm³/mol. The molecule has 0 unspecified atom stereocenters. The van der Waals surface area contributed by atoms with Crippen molar-refractivity contribution in [2.45, 2.75) is 13.1 Å². The topological polar surface area (TPSA) is 140 Å². The standard InChI is InChI=1S/C20H22ClN9O3/c21-14-3-1-2-13(10-14)12-29-19(31)30-17(25-29)15-11-23-28(16(15)24-18(30)22)9-6-26-4-7-27(8-5-26)20(32)33/h1-3,10-11H,4-9,12H2,(H2,22,24)(H,32,33). The fraction of sp³-hybridized carbons (Fsp3) is 0.350. The van der Waals surface area contributed by atoms with Crippen LogP contribution in [-0.4, -0.2) is 82.7 Å². The number of fused-ring (bicyclic) bond motifs is 3. The van der Waals surface area contributed by atoms with Crippen molar-refractivity contribution in [3.8, 4) is 0 Å². The fourth-order valence-electron chi connectivity index (χ4n) is 4.08. The zero-order valence-corrected chi connectivity index (χ0v) is 18.4. The summed E-state index contributed by atoms with van der Waals surface area (Å²) in [6.45, 7) is 3.77. The summed E-state index contributed by atoms with van der Waals surface area (Å²) in [4.78, 5) is 32.0. The van der Waals surface area contributed by atoms with Gasteiger partial charge in [0.25, 0.3) is 0 Å². The van der Waals surface area contributed by atoms with Crippen LogP contribution in [0.15, 0.2) is 35.3 Å². The smallest absolute Gasteiger partial charge is 0.407 e. The number of piperazine rings is 1. The molecular formula is C20H22ClN9O3. The number of rotatable bonds is 5. The second-order valence-corrected chi connectivity index (χ2v) is 8.35. The van der Waals surface area contributed by atoms with Gasteiger partial charge in [0.2, 0.25) is 5.95 Å². The van der Waals surface area contributed by atoms with E-state index < -0.39 is 6.09 Å². The van der Waals surface area contributed by atoms with Crippen LogP contribution in [-0.2, 0) is 13.1 Å². The molecule has 5 rings (SSSR count). The van der Waals surface area contributed by atoms with Crippen LogP contribution < -0.4 is 11.4 Å². The molecule has 3 N–H and O–H groups in total. The van der Waals surface area contributed by atoms with Gasteiger partial charge in [0.05, 0.1) is 24.7 Å². The Balaban J connectivity index is 1.40. The van der Waals surface area contributed by atoms with E-state index in [1.165, 1.54) is 14.0 Å². The van der Waals surface area contributed by atoms with Crippen LogP contribution in [0.1, 0.15) is 5.56 Å². The Kier molecular flexibility index (Phi) is 5.38. The molecule has 1 aliphatic heterocycles. The Labute approximate surface area is 192 Å². The molecule has 0 spiro atoms. The molecule has 12 nitrogen and oxygen atoms in total. The summed E-state index contributed by atoms with van der Waals surface area (Å²) < 4.78 is 4.34. The first-order chi connectivity index (χ1) is 15.9. The van der Waals surface area contributed by atoms with Gasteiger partial charge in [-0.1, -0.05) is 23.7 Å².